The van der Waals surface area contributed by atoms with Gasteiger partial charge in [0.05, 0.1) is 25.4 Å². The molecule has 0 bridgehead atoms. The number of fused-ring (bicyclic) bond motifs is 1. The van der Waals surface area contributed by atoms with Crippen LogP contribution in [-0.2, 0) is 9.53 Å². The molecule has 2 aliphatic rings. The maximum Gasteiger partial charge on any atom is 0.240 e. The van der Waals surface area contributed by atoms with Crippen molar-refractivity contribution >= 4 is 5.91 Å². The van der Waals surface area contributed by atoms with E-state index in [2.05, 4.69) is 10.6 Å². The first-order valence-electron chi connectivity index (χ1n) is 7.73. The fourth-order valence-corrected chi connectivity index (χ4v) is 2.99. The zero-order chi connectivity index (χ0) is 15.5. The summed E-state index contributed by atoms with van der Waals surface area (Å²) >= 11 is 0. The lowest BCUT2D eigenvalue weighted by atomic mass is 10.0. The van der Waals surface area contributed by atoms with E-state index in [1.807, 2.05) is 6.92 Å². The van der Waals surface area contributed by atoms with Crippen molar-refractivity contribution in [3.63, 3.8) is 0 Å². The van der Waals surface area contributed by atoms with Gasteiger partial charge in [0.2, 0.25) is 5.91 Å². The van der Waals surface area contributed by atoms with Gasteiger partial charge >= 0.3 is 0 Å². The number of morpholine rings is 1. The summed E-state index contributed by atoms with van der Waals surface area (Å²) in [5, 5.41) is 6.18. The van der Waals surface area contributed by atoms with Crippen LogP contribution in [-0.4, -0.2) is 37.8 Å². The summed E-state index contributed by atoms with van der Waals surface area (Å²) in [6.45, 7) is 3.71. The number of hydrogen-bond acceptors (Lipinski definition) is 4. The Bertz CT molecular complexity index is 552. The second-order valence-corrected chi connectivity index (χ2v) is 5.74. The van der Waals surface area contributed by atoms with E-state index in [-0.39, 0.29) is 29.9 Å². The first-order valence-corrected chi connectivity index (χ1v) is 7.73. The third-order valence-corrected chi connectivity index (χ3v) is 4.16. The van der Waals surface area contributed by atoms with Crippen LogP contribution in [0.2, 0.25) is 0 Å². The zero-order valence-corrected chi connectivity index (χ0v) is 12.6. The summed E-state index contributed by atoms with van der Waals surface area (Å²) in [5.41, 5.74) is 0.704. The van der Waals surface area contributed by atoms with Gasteiger partial charge in [0, 0.05) is 12.1 Å². The van der Waals surface area contributed by atoms with Crippen molar-refractivity contribution < 1.29 is 18.7 Å². The first-order chi connectivity index (χ1) is 10.6. The van der Waals surface area contributed by atoms with E-state index in [9.17, 15) is 9.18 Å². The van der Waals surface area contributed by atoms with Crippen molar-refractivity contribution in [2.45, 2.75) is 38.0 Å². The summed E-state index contributed by atoms with van der Waals surface area (Å²) in [4.78, 5) is 12.5. The van der Waals surface area contributed by atoms with Crippen molar-refractivity contribution in [1.82, 2.24) is 10.6 Å². The maximum absolute atomic E-state index is 13.6. The van der Waals surface area contributed by atoms with Crippen LogP contribution in [0.3, 0.4) is 0 Å². The Hall–Kier alpha value is -1.66. The number of rotatable bonds is 2. The number of carbonyl (C=O) groups is 1. The molecule has 3 rings (SSSR count). The van der Waals surface area contributed by atoms with Crippen LogP contribution in [0, 0.1) is 5.82 Å². The van der Waals surface area contributed by atoms with Crippen LogP contribution in [0.15, 0.2) is 18.2 Å². The lowest BCUT2D eigenvalue weighted by molar-refractivity contribution is -0.129. The summed E-state index contributed by atoms with van der Waals surface area (Å²) in [6.07, 6.45) is 1.36. The molecular weight excluding hydrogens is 287 g/mol. The highest BCUT2D eigenvalue weighted by molar-refractivity contribution is 5.83. The van der Waals surface area contributed by atoms with E-state index in [0.717, 1.165) is 12.8 Å². The fourth-order valence-electron chi connectivity index (χ4n) is 2.99. The van der Waals surface area contributed by atoms with Crippen LogP contribution in [0.5, 0.6) is 5.75 Å². The average molecular weight is 308 g/mol. The molecular formula is C16H21FN2O3. The van der Waals surface area contributed by atoms with Crippen LogP contribution in [0.4, 0.5) is 4.39 Å². The monoisotopic (exact) mass is 308 g/mol. The number of ether oxygens (including phenoxy) is 2. The summed E-state index contributed by atoms with van der Waals surface area (Å²) in [7, 11) is 0. The number of benzene rings is 1. The van der Waals surface area contributed by atoms with Crippen LogP contribution >= 0.6 is 0 Å². The van der Waals surface area contributed by atoms with Crippen molar-refractivity contribution in [2.24, 2.45) is 0 Å². The topological polar surface area (TPSA) is 59.6 Å². The van der Waals surface area contributed by atoms with E-state index in [1.54, 1.807) is 6.07 Å². The molecule has 1 aromatic rings. The Balaban J connectivity index is 1.77. The zero-order valence-electron chi connectivity index (χ0n) is 12.6. The molecule has 6 heteroatoms. The number of amides is 1. The number of carbonyl (C=O) groups excluding carboxylic acids is 1. The van der Waals surface area contributed by atoms with Gasteiger partial charge in [-0.2, -0.15) is 0 Å². The lowest BCUT2D eigenvalue weighted by Gasteiger charge is -2.31. The maximum atomic E-state index is 13.6. The Morgan fingerprint density at radius 1 is 1.41 bits per heavy atom. The minimum Gasteiger partial charge on any atom is -0.493 e. The Morgan fingerprint density at radius 3 is 3.09 bits per heavy atom. The van der Waals surface area contributed by atoms with Crippen molar-refractivity contribution in [3.8, 4) is 5.75 Å². The van der Waals surface area contributed by atoms with Gasteiger partial charge in [-0.25, -0.2) is 4.39 Å². The molecule has 1 saturated heterocycles. The second kappa shape index (κ2) is 6.62. The molecule has 2 aliphatic heterocycles. The van der Waals surface area contributed by atoms with Gasteiger partial charge < -0.3 is 20.1 Å². The van der Waals surface area contributed by atoms with Crippen molar-refractivity contribution in [1.29, 1.82) is 0 Å². The van der Waals surface area contributed by atoms with Crippen LogP contribution in [0.25, 0.3) is 0 Å². The van der Waals surface area contributed by atoms with Crippen LogP contribution < -0.4 is 15.4 Å². The van der Waals surface area contributed by atoms with E-state index < -0.39 is 0 Å². The molecule has 1 fully saturated rings. The molecule has 0 spiro atoms. The quantitative estimate of drug-likeness (QED) is 0.870. The SMILES string of the molecule is C[C@H]1OCCN[C@@H]1C(=O)NC1CCCOc2ccc(F)cc21. The van der Waals surface area contributed by atoms with Gasteiger partial charge in [0.15, 0.2) is 0 Å². The van der Waals surface area contributed by atoms with E-state index in [4.69, 9.17) is 9.47 Å². The highest BCUT2D eigenvalue weighted by Gasteiger charge is 2.31. The third kappa shape index (κ3) is 3.23. The summed E-state index contributed by atoms with van der Waals surface area (Å²) in [5.74, 6) is 0.204. The highest BCUT2D eigenvalue weighted by atomic mass is 19.1. The summed E-state index contributed by atoms with van der Waals surface area (Å²) < 4.78 is 24.7. The predicted octanol–water partition coefficient (Wildman–Crippen LogP) is 1.53. The molecule has 2 N–H and O–H groups in total. The normalized spacial score (nSPS) is 28.2. The second-order valence-electron chi connectivity index (χ2n) is 5.74. The van der Waals surface area contributed by atoms with E-state index >= 15 is 0 Å². The minimum absolute atomic E-state index is 0.116. The van der Waals surface area contributed by atoms with Gasteiger partial charge in [-0.3, -0.25) is 4.79 Å². The third-order valence-electron chi connectivity index (χ3n) is 4.16. The molecule has 120 valence electrons. The van der Waals surface area contributed by atoms with Crippen LogP contribution in [0.1, 0.15) is 31.4 Å². The molecule has 3 atom stereocenters. The van der Waals surface area contributed by atoms with Crippen molar-refractivity contribution in [3.05, 3.63) is 29.6 Å². The van der Waals surface area contributed by atoms with Gasteiger partial charge in [-0.05, 0) is 38.0 Å². The van der Waals surface area contributed by atoms with E-state index in [0.29, 0.717) is 31.1 Å². The minimum atomic E-state index is -0.380. The molecule has 22 heavy (non-hydrogen) atoms. The molecule has 1 amide bonds. The number of halogens is 1. The van der Waals surface area contributed by atoms with Gasteiger partial charge in [-0.15, -0.1) is 0 Å². The average Bonchev–Trinajstić information content (AvgIpc) is 2.70. The number of hydrogen-bond donors (Lipinski definition) is 2. The Morgan fingerprint density at radius 2 is 2.27 bits per heavy atom. The highest BCUT2D eigenvalue weighted by Crippen LogP contribution is 2.32. The summed E-state index contributed by atoms with van der Waals surface area (Å²) in [6, 6.07) is 3.83. The Kier molecular flexibility index (Phi) is 4.59. The predicted molar refractivity (Wildman–Crippen MR) is 79.2 cm³/mol. The molecule has 0 saturated carbocycles. The molecule has 0 aromatic heterocycles. The molecule has 0 aliphatic carbocycles. The number of nitrogens with one attached hydrogen (secondary N) is 2. The Labute approximate surface area is 129 Å². The standard InChI is InChI=1S/C16H21FN2O3/c1-10-15(18-6-8-21-10)16(20)19-13-3-2-7-22-14-5-4-11(17)9-12(13)14/h4-5,9-10,13,15,18H,2-3,6-8H2,1H3,(H,19,20)/t10-,13?,15+/m1/s1. The van der Waals surface area contributed by atoms with E-state index in [1.165, 1.54) is 12.1 Å². The fraction of sp³-hybridized carbons (Fsp3) is 0.562. The lowest BCUT2D eigenvalue weighted by Crippen LogP contribution is -2.55. The largest absolute Gasteiger partial charge is 0.493 e. The molecule has 2 heterocycles. The van der Waals surface area contributed by atoms with Crippen molar-refractivity contribution in [2.75, 3.05) is 19.8 Å². The van der Waals surface area contributed by atoms with Gasteiger partial charge in [-0.1, -0.05) is 0 Å². The van der Waals surface area contributed by atoms with Gasteiger partial charge in [0.1, 0.15) is 17.6 Å². The molecule has 1 unspecified atom stereocenters. The molecule has 1 aromatic carbocycles. The molecule has 5 nitrogen and oxygen atoms in total. The smallest absolute Gasteiger partial charge is 0.240 e. The molecule has 0 radical (unpaired) electrons. The first kappa shape index (κ1) is 15.2. The van der Waals surface area contributed by atoms with Gasteiger partial charge in [0.25, 0.3) is 0 Å².